The third kappa shape index (κ3) is 3.43. The van der Waals surface area contributed by atoms with Crippen LogP contribution in [-0.4, -0.2) is 47.8 Å². The lowest BCUT2D eigenvalue weighted by Crippen LogP contribution is -2.50. The number of carbonyl (C=O) groups excluding carboxylic acids is 2. The Morgan fingerprint density at radius 3 is 2.14 bits per heavy atom. The van der Waals surface area contributed by atoms with Crippen molar-refractivity contribution in [3.05, 3.63) is 34.9 Å². The first-order valence-corrected chi connectivity index (χ1v) is 7.55. The van der Waals surface area contributed by atoms with Crippen molar-refractivity contribution in [2.45, 2.75) is 33.6 Å². The molecule has 21 heavy (non-hydrogen) atoms. The highest BCUT2D eigenvalue weighted by Crippen LogP contribution is 2.20. The standard InChI is InChI=1S/C17H24N2O2/c1-12(2)15-6-5-13(3)16(11-15)17(21)19-9-7-18(8-10-19)14(4)20/h5-6,11-12H,7-10H2,1-4H3. The van der Waals surface area contributed by atoms with Gasteiger partial charge in [-0.1, -0.05) is 26.0 Å². The van der Waals surface area contributed by atoms with Crippen molar-refractivity contribution in [3.8, 4) is 0 Å². The van der Waals surface area contributed by atoms with Gasteiger partial charge in [0, 0.05) is 38.7 Å². The van der Waals surface area contributed by atoms with Crippen molar-refractivity contribution >= 4 is 11.8 Å². The van der Waals surface area contributed by atoms with Crippen LogP contribution in [0.3, 0.4) is 0 Å². The molecule has 0 aliphatic carbocycles. The molecule has 4 heteroatoms. The van der Waals surface area contributed by atoms with E-state index in [9.17, 15) is 9.59 Å². The molecule has 114 valence electrons. The minimum atomic E-state index is 0.0817. The molecule has 0 aromatic heterocycles. The molecular formula is C17H24N2O2. The molecule has 4 nitrogen and oxygen atoms in total. The Labute approximate surface area is 126 Å². The molecule has 0 unspecified atom stereocenters. The Bertz CT molecular complexity index is 544. The number of rotatable bonds is 2. The fraction of sp³-hybridized carbons (Fsp3) is 0.529. The normalized spacial score (nSPS) is 15.5. The van der Waals surface area contributed by atoms with Gasteiger partial charge < -0.3 is 9.80 Å². The van der Waals surface area contributed by atoms with Crippen LogP contribution in [0, 0.1) is 6.92 Å². The van der Waals surface area contributed by atoms with Gasteiger partial charge in [0.05, 0.1) is 0 Å². The molecular weight excluding hydrogens is 264 g/mol. The van der Waals surface area contributed by atoms with E-state index in [1.165, 1.54) is 5.56 Å². The molecule has 1 aliphatic rings. The van der Waals surface area contributed by atoms with Gasteiger partial charge in [0.2, 0.25) is 5.91 Å². The second kappa shape index (κ2) is 6.29. The molecule has 1 saturated heterocycles. The molecule has 0 N–H and O–H groups in total. The van der Waals surface area contributed by atoms with Gasteiger partial charge >= 0.3 is 0 Å². The minimum Gasteiger partial charge on any atom is -0.339 e. The molecule has 0 bridgehead atoms. The van der Waals surface area contributed by atoms with Crippen molar-refractivity contribution in [1.82, 2.24) is 9.80 Å². The van der Waals surface area contributed by atoms with Crippen molar-refractivity contribution in [2.75, 3.05) is 26.2 Å². The number of benzene rings is 1. The summed E-state index contributed by atoms with van der Waals surface area (Å²) in [5.41, 5.74) is 2.99. The molecule has 2 amide bonds. The smallest absolute Gasteiger partial charge is 0.254 e. The molecule has 1 heterocycles. The Balaban J connectivity index is 2.14. The highest BCUT2D eigenvalue weighted by molar-refractivity contribution is 5.96. The van der Waals surface area contributed by atoms with E-state index >= 15 is 0 Å². The van der Waals surface area contributed by atoms with E-state index in [2.05, 4.69) is 19.9 Å². The van der Waals surface area contributed by atoms with Crippen molar-refractivity contribution < 1.29 is 9.59 Å². The van der Waals surface area contributed by atoms with Crippen molar-refractivity contribution in [2.24, 2.45) is 0 Å². The fourth-order valence-electron chi connectivity index (χ4n) is 2.62. The summed E-state index contributed by atoms with van der Waals surface area (Å²) in [5, 5.41) is 0. The van der Waals surface area contributed by atoms with Crippen molar-refractivity contribution in [1.29, 1.82) is 0 Å². The number of carbonyl (C=O) groups is 2. The Kier molecular flexibility index (Phi) is 4.66. The molecule has 0 spiro atoms. The summed E-state index contributed by atoms with van der Waals surface area (Å²) in [6.45, 7) is 10.3. The van der Waals surface area contributed by atoms with Gasteiger partial charge in [-0.25, -0.2) is 0 Å². The van der Waals surface area contributed by atoms with E-state index in [4.69, 9.17) is 0 Å². The van der Waals surface area contributed by atoms with Gasteiger partial charge in [-0.15, -0.1) is 0 Å². The van der Waals surface area contributed by atoms with Crippen molar-refractivity contribution in [3.63, 3.8) is 0 Å². The minimum absolute atomic E-state index is 0.0817. The SMILES string of the molecule is CC(=O)N1CCN(C(=O)c2cc(C(C)C)ccc2C)CC1. The number of aryl methyl sites for hydroxylation is 1. The van der Waals surface area contributed by atoms with Crippen LogP contribution in [0.1, 0.15) is 48.2 Å². The van der Waals surface area contributed by atoms with E-state index in [0.717, 1.165) is 11.1 Å². The quantitative estimate of drug-likeness (QED) is 0.838. The second-order valence-corrected chi connectivity index (χ2v) is 6.03. The Hall–Kier alpha value is -1.84. The molecule has 1 aliphatic heterocycles. The first-order valence-electron chi connectivity index (χ1n) is 7.55. The summed E-state index contributed by atoms with van der Waals surface area (Å²) in [7, 11) is 0. The Morgan fingerprint density at radius 1 is 1.05 bits per heavy atom. The fourth-order valence-corrected chi connectivity index (χ4v) is 2.62. The number of nitrogens with zero attached hydrogens (tertiary/aromatic N) is 2. The van der Waals surface area contributed by atoms with Crippen LogP contribution in [0.4, 0.5) is 0 Å². The summed E-state index contributed by atoms with van der Waals surface area (Å²) in [4.78, 5) is 27.7. The molecule has 1 aromatic rings. The van der Waals surface area contributed by atoms with E-state index in [1.807, 2.05) is 24.0 Å². The second-order valence-electron chi connectivity index (χ2n) is 6.03. The summed E-state index contributed by atoms with van der Waals surface area (Å²) in [5.74, 6) is 0.574. The van der Waals surface area contributed by atoms with Crippen LogP contribution in [0.25, 0.3) is 0 Å². The van der Waals surface area contributed by atoms with Gasteiger partial charge in [-0.05, 0) is 30.0 Å². The summed E-state index contributed by atoms with van der Waals surface area (Å²) in [6, 6.07) is 6.12. The van der Waals surface area contributed by atoms with Crippen LogP contribution in [0.15, 0.2) is 18.2 Å². The third-order valence-corrected chi connectivity index (χ3v) is 4.17. The topological polar surface area (TPSA) is 40.6 Å². The van der Waals surface area contributed by atoms with Gasteiger partial charge in [0.25, 0.3) is 5.91 Å². The number of amides is 2. The van der Waals surface area contributed by atoms with Crippen LogP contribution in [0.2, 0.25) is 0 Å². The maximum Gasteiger partial charge on any atom is 0.254 e. The zero-order chi connectivity index (χ0) is 15.6. The van der Waals surface area contributed by atoms with Gasteiger partial charge in [-0.3, -0.25) is 9.59 Å². The summed E-state index contributed by atoms with van der Waals surface area (Å²) < 4.78 is 0. The van der Waals surface area contributed by atoms with Crippen LogP contribution in [0.5, 0.6) is 0 Å². The number of hydrogen-bond donors (Lipinski definition) is 0. The Morgan fingerprint density at radius 2 is 1.62 bits per heavy atom. The van der Waals surface area contributed by atoms with E-state index < -0.39 is 0 Å². The average molecular weight is 288 g/mol. The molecule has 1 fully saturated rings. The number of hydrogen-bond acceptors (Lipinski definition) is 2. The average Bonchev–Trinajstić information content (AvgIpc) is 2.47. The molecule has 0 radical (unpaired) electrons. The third-order valence-electron chi connectivity index (χ3n) is 4.17. The van der Waals surface area contributed by atoms with Crippen LogP contribution >= 0.6 is 0 Å². The van der Waals surface area contributed by atoms with E-state index in [0.29, 0.717) is 32.1 Å². The zero-order valence-electron chi connectivity index (χ0n) is 13.3. The van der Waals surface area contributed by atoms with Gasteiger partial charge in [0.15, 0.2) is 0 Å². The van der Waals surface area contributed by atoms with E-state index in [1.54, 1.807) is 11.8 Å². The lowest BCUT2D eigenvalue weighted by molar-refractivity contribution is -0.130. The predicted octanol–water partition coefficient (Wildman–Crippen LogP) is 2.42. The molecule has 0 saturated carbocycles. The van der Waals surface area contributed by atoms with E-state index in [-0.39, 0.29) is 11.8 Å². The molecule has 0 atom stereocenters. The zero-order valence-corrected chi connectivity index (χ0v) is 13.3. The number of piperazine rings is 1. The monoisotopic (exact) mass is 288 g/mol. The molecule has 1 aromatic carbocycles. The first kappa shape index (κ1) is 15.5. The summed E-state index contributed by atoms with van der Waals surface area (Å²) >= 11 is 0. The maximum absolute atomic E-state index is 12.7. The predicted molar refractivity (Wildman–Crippen MR) is 83.4 cm³/mol. The van der Waals surface area contributed by atoms with Crippen LogP contribution in [-0.2, 0) is 4.79 Å². The molecule has 2 rings (SSSR count). The lowest BCUT2D eigenvalue weighted by Gasteiger charge is -2.34. The van der Waals surface area contributed by atoms with Gasteiger partial charge in [-0.2, -0.15) is 0 Å². The maximum atomic E-state index is 12.7. The first-order chi connectivity index (χ1) is 9.90. The largest absolute Gasteiger partial charge is 0.339 e. The highest BCUT2D eigenvalue weighted by atomic mass is 16.2. The van der Waals surface area contributed by atoms with Crippen LogP contribution < -0.4 is 0 Å². The highest BCUT2D eigenvalue weighted by Gasteiger charge is 2.24. The van der Waals surface area contributed by atoms with Gasteiger partial charge in [0.1, 0.15) is 0 Å². The lowest BCUT2D eigenvalue weighted by atomic mass is 9.97. The summed E-state index contributed by atoms with van der Waals surface area (Å²) in [6.07, 6.45) is 0.